The standard InChI is InChI=1S/C23H31N5O4/c1-23(2,3)32-19(29)15-25-21-20(24)22(28-11-13-31-14-12-28)27-18(26-21)10-7-16-5-8-17(30-4)9-6-16/h5-10H,11-15,24H2,1-4H3,(H,25,26,27)/b10-7+. The second-order valence-electron chi connectivity index (χ2n) is 8.31. The molecule has 1 saturated heterocycles. The first-order valence-electron chi connectivity index (χ1n) is 10.5. The minimum absolute atomic E-state index is 0.0529. The lowest BCUT2D eigenvalue weighted by Crippen LogP contribution is -2.37. The number of nitrogens with zero attached hydrogens (tertiary/aromatic N) is 3. The minimum Gasteiger partial charge on any atom is -0.497 e. The van der Waals surface area contributed by atoms with Crippen molar-refractivity contribution in [3.05, 3.63) is 35.7 Å². The summed E-state index contributed by atoms with van der Waals surface area (Å²) in [4.78, 5) is 23.4. The van der Waals surface area contributed by atoms with Gasteiger partial charge in [-0.15, -0.1) is 0 Å². The maximum absolute atomic E-state index is 12.2. The Morgan fingerprint density at radius 1 is 1.19 bits per heavy atom. The number of rotatable bonds is 7. The molecule has 0 atom stereocenters. The topological polar surface area (TPSA) is 112 Å². The van der Waals surface area contributed by atoms with Crippen molar-refractivity contribution in [1.82, 2.24) is 9.97 Å². The van der Waals surface area contributed by atoms with E-state index in [1.54, 1.807) is 7.11 Å². The van der Waals surface area contributed by atoms with Crippen LogP contribution in [0.25, 0.3) is 12.2 Å². The third-order valence-electron chi connectivity index (χ3n) is 4.61. The Balaban J connectivity index is 1.85. The molecule has 0 unspecified atom stereocenters. The lowest BCUT2D eigenvalue weighted by molar-refractivity contribution is -0.152. The van der Waals surface area contributed by atoms with Gasteiger partial charge in [0.2, 0.25) is 0 Å². The van der Waals surface area contributed by atoms with E-state index >= 15 is 0 Å². The van der Waals surface area contributed by atoms with Gasteiger partial charge in [0.15, 0.2) is 17.5 Å². The average molecular weight is 442 g/mol. The molecule has 1 aromatic carbocycles. The molecule has 1 aliphatic rings. The van der Waals surface area contributed by atoms with Crippen molar-refractivity contribution in [3.8, 4) is 5.75 Å². The molecule has 0 radical (unpaired) electrons. The van der Waals surface area contributed by atoms with Crippen molar-refractivity contribution < 1.29 is 19.0 Å². The number of nitrogen functional groups attached to an aromatic ring is 1. The predicted molar refractivity (Wildman–Crippen MR) is 126 cm³/mol. The van der Waals surface area contributed by atoms with Gasteiger partial charge in [0.1, 0.15) is 23.6 Å². The zero-order valence-electron chi connectivity index (χ0n) is 19.1. The van der Waals surface area contributed by atoms with Crippen molar-refractivity contribution in [3.63, 3.8) is 0 Å². The van der Waals surface area contributed by atoms with Crippen LogP contribution in [0.2, 0.25) is 0 Å². The summed E-state index contributed by atoms with van der Waals surface area (Å²) < 4.78 is 16.0. The molecular formula is C23H31N5O4. The lowest BCUT2D eigenvalue weighted by atomic mass is 10.2. The number of nitrogens with two attached hydrogens (primary N) is 1. The summed E-state index contributed by atoms with van der Waals surface area (Å²) in [6.45, 7) is 7.96. The Kier molecular flexibility index (Phi) is 7.53. The Labute approximate surface area is 188 Å². The summed E-state index contributed by atoms with van der Waals surface area (Å²) >= 11 is 0. The largest absolute Gasteiger partial charge is 0.497 e. The highest BCUT2D eigenvalue weighted by molar-refractivity contribution is 5.81. The number of carbonyl (C=O) groups is 1. The number of morpholine rings is 1. The molecule has 2 aromatic rings. The van der Waals surface area contributed by atoms with Crippen molar-refractivity contribution in [2.45, 2.75) is 26.4 Å². The Bertz CT molecular complexity index is 948. The van der Waals surface area contributed by atoms with Crippen LogP contribution in [0, 0.1) is 0 Å². The minimum atomic E-state index is -0.568. The number of anilines is 3. The zero-order valence-corrected chi connectivity index (χ0v) is 19.1. The van der Waals surface area contributed by atoms with Crippen LogP contribution in [0.15, 0.2) is 24.3 Å². The van der Waals surface area contributed by atoms with Crippen LogP contribution in [0.1, 0.15) is 32.2 Å². The Morgan fingerprint density at radius 2 is 1.88 bits per heavy atom. The molecule has 3 rings (SSSR count). The number of benzene rings is 1. The lowest BCUT2D eigenvalue weighted by Gasteiger charge is -2.29. The highest BCUT2D eigenvalue weighted by Gasteiger charge is 2.21. The van der Waals surface area contributed by atoms with Gasteiger partial charge in [0.05, 0.1) is 20.3 Å². The maximum atomic E-state index is 12.2. The van der Waals surface area contributed by atoms with Crippen LogP contribution in [-0.2, 0) is 14.3 Å². The molecule has 172 valence electrons. The molecular weight excluding hydrogens is 410 g/mol. The fraction of sp³-hybridized carbons (Fsp3) is 0.435. The average Bonchev–Trinajstić information content (AvgIpc) is 2.77. The first-order chi connectivity index (χ1) is 15.2. The molecule has 1 aliphatic heterocycles. The third-order valence-corrected chi connectivity index (χ3v) is 4.61. The van der Waals surface area contributed by atoms with Gasteiger partial charge < -0.3 is 30.2 Å². The number of methoxy groups -OCH3 is 1. The number of nitrogens with one attached hydrogen (secondary N) is 1. The number of ether oxygens (including phenoxy) is 3. The third kappa shape index (κ3) is 6.58. The quantitative estimate of drug-likeness (QED) is 0.626. The molecule has 0 spiro atoms. The molecule has 32 heavy (non-hydrogen) atoms. The van der Waals surface area contributed by atoms with E-state index in [1.165, 1.54) is 0 Å². The predicted octanol–water partition coefficient (Wildman–Crippen LogP) is 2.83. The van der Waals surface area contributed by atoms with E-state index in [0.29, 0.717) is 49.5 Å². The Morgan fingerprint density at radius 3 is 2.50 bits per heavy atom. The van der Waals surface area contributed by atoms with Crippen LogP contribution in [0.4, 0.5) is 17.3 Å². The molecule has 0 aliphatic carbocycles. The molecule has 0 amide bonds. The van der Waals surface area contributed by atoms with E-state index in [-0.39, 0.29) is 6.54 Å². The number of carbonyl (C=O) groups excluding carboxylic acids is 1. The first-order valence-corrected chi connectivity index (χ1v) is 10.5. The summed E-state index contributed by atoms with van der Waals surface area (Å²) in [5, 5.41) is 3.01. The van der Waals surface area contributed by atoms with Crippen LogP contribution in [-0.4, -0.2) is 61.5 Å². The highest BCUT2D eigenvalue weighted by Crippen LogP contribution is 2.28. The SMILES string of the molecule is COc1ccc(/C=C/c2nc(NCC(=O)OC(C)(C)C)c(N)c(N3CCOCC3)n2)cc1. The smallest absolute Gasteiger partial charge is 0.325 e. The normalized spacial score (nSPS) is 14.4. The molecule has 1 aromatic heterocycles. The van der Waals surface area contributed by atoms with Crippen LogP contribution in [0.3, 0.4) is 0 Å². The van der Waals surface area contributed by atoms with Crippen LogP contribution < -0.4 is 20.7 Å². The van der Waals surface area contributed by atoms with Gasteiger partial charge in [-0.3, -0.25) is 4.79 Å². The van der Waals surface area contributed by atoms with Crippen molar-refractivity contribution in [1.29, 1.82) is 0 Å². The van der Waals surface area contributed by atoms with Crippen molar-refractivity contribution >= 4 is 35.4 Å². The summed E-state index contributed by atoms with van der Waals surface area (Å²) in [6.07, 6.45) is 3.72. The fourth-order valence-electron chi connectivity index (χ4n) is 3.12. The summed E-state index contributed by atoms with van der Waals surface area (Å²) in [7, 11) is 1.63. The monoisotopic (exact) mass is 441 g/mol. The van der Waals surface area contributed by atoms with Gasteiger partial charge in [0, 0.05) is 13.1 Å². The molecule has 0 bridgehead atoms. The zero-order chi connectivity index (χ0) is 23.1. The van der Waals surface area contributed by atoms with E-state index in [9.17, 15) is 4.79 Å². The Hall–Kier alpha value is -3.33. The molecule has 3 N–H and O–H groups in total. The molecule has 9 heteroatoms. The first kappa shape index (κ1) is 23.3. The number of aromatic nitrogens is 2. The van der Waals surface area contributed by atoms with Crippen LogP contribution in [0.5, 0.6) is 5.75 Å². The van der Waals surface area contributed by atoms with Gasteiger partial charge in [-0.25, -0.2) is 9.97 Å². The van der Waals surface area contributed by atoms with E-state index in [0.717, 1.165) is 11.3 Å². The van der Waals surface area contributed by atoms with E-state index in [2.05, 4.69) is 20.2 Å². The van der Waals surface area contributed by atoms with Gasteiger partial charge in [0.25, 0.3) is 0 Å². The van der Waals surface area contributed by atoms with E-state index in [1.807, 2.05) is 57.2 Å². The molecule has 0 saturated carbocycles. The second kappa shape index (κ2) is 10.3. The number of hydrogen-bond donors (Lipinski definition) is 2. The maximum Gasteiger partial charge on any atom is 0.325 e. The van der Waals surface area contributed by atoms with Gasteiger partial charge in [-0.05, 0) is 44.5 Å². The van der Waals surface area contributed by atoms with E-state index < -0.39 is 11.6 Å². The number of esters is 1. The van der Waals surface area contributed by atoms with Crippen molar-refractivity contribution in [2.24, 2.45) is 0 Å². The van der Waals surface area contributed by atoms with Crippen LogP contribution >= 0.6 is 0 Å². The second-order valence-corrected chi connectivity index (χ2v) is 8.31. The summed E-state index contributed by atoms with van der Waals surface area (Å²) in [5.41, 5.74) is 7.17. The van der Waals surface area contributed by atoms with E-state index in [4.69, 9.17) is 19.9 Å². The van der Waals surface area contributed by atoms with Gasteiger partial charge in [-0.2, -0.15) is 0 Å². The number of hydrogen-bond acceptors (Lipinski definition) is 9. The molecule has 1 fully saturated rings. The van der Waals surface area contributed by atoms with Gasteiger partial charge >= 0.3 is 5.97 Å². The molecule has 9 nitrogen and oxygen atoms in total. The van der Waals surface area contributed by atoms with Crippen molar-refractivity contribution in [2.75, 3.05) is 55.9 Å². The highest BCUT2D eigenvalue weighted by atomic mass is 16.6. The van der Waals surface area contributed by atoms with Gasteiger partial charge in [-0.1, -0.05) is 18.2 Å². The molecule has 2 heterocycles. The summed E-state index contributed by atoms with van der Waals surface area (Å²) in [5.74, 6) is 1.88. The summed E-state index contributed by atoms with van der Waals surface area (Å²) in [6, 6.07) is 7.65. The fourth-order valence-corrected chi connectivity index (χ4v) is 3.12.